The van der Waals surface area contributed by atoms with Crippen molar-refractivity contribution in [2.24, 2.45) is 0 Å². The number of halogens is 16. The molecule has 0 aromatic carbocycles. The van der Waals surface area contributed by atoms with Gasteiger partial charge in [0.25, 0.3) is 0 Å². The predicted molar refractivity (Wildman–Crippen MR) is 62.7 cm³/mol. The minimum absolute atomic E-state index is 7.88. The van der Waals surface area contributed by atoms with Crippen molar-refractivity contribution < 1.29 is 96.2 Å². The second kappa shape index (κ2) is 7.10. The molecule has 0 amide bonds. The maximum absolute atomic E-state index is 13.7. The van der Waals surface area contributed by atoms with Crippen molar-refractivity contribution in [1.82, 2.24) is 0 Å². The van der Waals surface area contributed by atoms with Crippen molar-refractivity contribution in [2.45, 2.75) is 46.0 Å². The van der Waals surface area contributed by atoms with Gasteiger partial charge in [-0.05, 0) is 0 Å². The highest BCUT2D eigenvalue weighted by Crippen LogP contribution is 2.64. The topological polar surface area (TPSA) is 109 Å². The van der Waals surface area contributed by atoms with Gasteiger partial charge in [0.1, 0.15) is 0 Å². The van der Waals surface area contributed by atoms with E-state index in [-0.39, 0.29) is 0 Å². The zero-order valence-corrected chi connectivity index (χ0v) is 15.0. The summed E-state index contributed by atoms with van der Waals surface area (Å²) in [6, 6.07) is 0. The van der Waals surface area contributed by atoms with Gasteiger partial charge >= 0.3 is 66.3 Å². The molecule has 0 aromatic rings. The lowest BCUT2D eigenvalue weighted by Crippen LogP contribution is -2.76. The molecule has 0 fully saturated rings. The third-order valence-corrected chi connectivity index (χ3v) is 6.47. The Balaban J connectivity index is 7.34. The Morgan fingerprint density at radius 3 is 0.750 bits per heavy atom. The lowest BCUT2D eigenvalue weighted by molar-refractivity contribution is -0.454. The van der Waals surface area contributed by atoms with Crippen molar-refractivity contribution in [3.63, 3.8) is 0 Å². The van der Waals surface area contributed by atoms with Gasteiger partial charge in [0.15, 0.2) is 0 Å². The fourth-order valence-corrected chi connectivity index (χ4v) is 3.58. The first-order chi connectivity index (χ1) is 13.2. The summed E-state index contributed by atoms with van der Waals surface area (Å²) in [6.07, 6.45) is -7.96. The molecule has 0 unspecified atom stereocenters. The van der Waals surface area contributed by atoms with Crippen molar-refractivity contribution in [3.8, 4) is 0 Å². The molecule has 0 atom stereocenters. The molecule has 0 heterocycles. The van der Waals surface area contributed by atoms with Crippen molar-refractivity contribution in [1.29, 1.82) is 0 Å². The molecule has 0 radical (unpaired) electrons. The molecule has 6 nitrogen and oxygen atoms in total. The lowest BCUT2D eigenvalue weighted by Gasteiger charge is -2.42. The summed E-state index contributed by atoms with van der Waals surface area (Å²) in [5.74, 6) is -52.9. The van der Waals surface area contributed by atoms with Crippen LogP contribution in [0.5, 0.6) is 0 Å². The summed E-state index contributed by atoms with van der Waals surface area (Å²) < 4.78 is 257. The zero-order chi connectivity index (χ0) is 27.0. The first-order valence-corrected chi connectivity index (χ1v) is 9.09. The molecule has 0 aliphatic rings. The van der Waals surface area contributed by atoms with Gasteiger partial charge in [-0.2, -0.15) is 87.1 Å². The van der Waals surface area contributed by atoms with Crippen LogP contribution in [0.4, 0.5) is 70.2 Å². The Hall–Kier alpha value is -1.30. The molecule has 0 bridgehead atoms. The molecule has 32 heavy (non-hydrogen) atoms. The number of hydrogen-bond donors (Lipinski definition) is 2. The quantitative estimate of drug-likeness (QED) is 0.345. The van der Waals surface area contributed by atoms with Gasteiger partial charge < -0.3 is 0 Å². The van der Waals surface area contributed by atoms with E-state index in [0.717, 1.165) is 0 Å². The normalized spacial score (nSPS) is 16.9. The SMILES string of the molecule is O=S(=O)(O)C(F)(C(F)(F)C(F)(F)C(F)(F)C(F)(F)C(F)(F)C(F)(F)C(F)(F)F)S(=O)(=O)O. The van der Waals surface area contributed by atoms with Crippen LogP contribution in [0.2, 0.25) is 0 Å². The van der Waals surface area contributed by atoms with Gasteiger partial charge in [0.2, 0.25) is 0 Å². The van der Waals surface area contributed by atoms with E-state index in [1.165, 1.54) is 0 Å². The van der Waals surface area contributed by atoms with Gasteiger partial charge in [-0.25, -0.2) is 0 Å². The van der Waals surface area contributed by atoms with Crippen LogP contribution in [0.3, 0.4) is 0 Å². The molecule has 24 heteroatoms. The van der Waals surface area contributed by atoms with Crippen LogP contribution in [-0.4, -0.2) is 72.0 Å². The second-order valence-corrected chi connectivity index (χ2v) is 8.71. The van der Waals surface area contributed by atoms with Crippen LogP contribution in [0.1, 0.15) is 0 Å². The van der Waals surface area contributed by atoms with E-state index < -0.39 is 66.3 Å². The Kier molecular flexibility index (Phi) is 6.81. The Labute approximate surface area is 163 Å². The molecule has 0 spiro atoms. The van der Waals surface area contributed by atoms with Crippen LogP contribution < -0.4 is 0 Å². The first kappa shape index (κ1) is 30.7. The third kappa shape index (κ3) is 3.47. The van der Waals surface area contributed by atoms with Crippen molar-refractivity contribution in [3.05, 3.63) is 0 Å². The molecule has 2 N–H and O–H groups in total. The third-order valence-electron chi connectivity index (χ3n) is 3.37. The van der Waals surface area contributed by atoms with E-state index in [0.29, 0.717) is 0 Å². The van der Waals surface area contributed by atoms with E-state index in [2.05, 4.69) is 0 Å². The summed E-state index contributed by atoms with van der Waals surface area (Å²) in [7, 11) is -16.4. The highest BCUT2D eigenvalue weighted by molar-refractivity contribution is 8.05. The van der Waals surface area contributed by atoms with Gasteiger partial charge in [-0.3, -0.25) is 9.11 Å². The summed E-state index contributed by atoms with van der Waals surface area (Å²) in [6.45, 7) is 0. The van der Waals surface area contributed by atoms with Gasteiger partial charge in [-0.15, -0.1) is 0 Å². The lowest BCUT2D eigenvalue weighted by atomic mass is 9.91. The molecule has 0 saturated heterocycles. The Morgan fingerprint density at radius 1 is 0.375 bits per heavy atom. The monoisotopic (exact) mass is 562 g/mol. The van der Waals surface area contributed by atoms with Crippen molar-refractivity contribution >= 4 is 20.2 Å². The Bertz CT molecular complexity index is 916. The van der Waals surface area contributed by atoms with E-state index in [4.69, 9.17) is 9.11 Å². The van der Waals surface area contributed by atoms with Gasteiger partial charge in [0.05, 0.1) is 0 Å². The maximum Gasteiger partial charge on any atom is 0.460 e. The fourth-order valence-electron chi connectivity index (χ4n) is 1.61. The van der Waals surface area contributed by atoms with Gasteiger partial charge in [0, 0.05) is 0 Å². The summed E-state index contributed by atoms with van der Waals surface area (Å²) in [5.41, 5.74) is 0. The first-order valence-electron chi connectivity index (χ1n) is 6.21. The average molecular weight is 562 g/mol. The molecule has 0 aliphatic heterocycles. The minimum Gasteiger partial charge on any atom is -0.282 e. The largest absolute Gasteiger partial charge is 0.460 e. The molecule has 0 saturated carbocycles. The maximum atomic E-state index is 13.7. The van der Waals surface area contributed by atoms with Gasteiger partial charge in [-0.1, -0.05) is 0 Å². The second-order valence-electron chi connectivity index (χ2n) is 5.43. The van der Waals surface area contributed by atoms with Crippen LogP contribution >= 0.6 is 0 Å². The number of hydrogen-bond acceptors (Lipinski definition) is 4. The van der Waals surface area contributed by atoms with E-state index >= 15 is 0 Å². The number of alkyl halides is 16. The molecule has 194 valence electrons. The summed E-state index contributed by atoms with van der Waals surface area (Å²) in [5, 5.41) is 0. The van der Waals surface area contributed by atoms with E-state index in [1.54, 1.807) is 0 Å². The van der Waals surface area contributed by atoms with E-state index in [9.17, 15) is 87.1 Å². The summed E-state index contributed by atoms with van der Waals surface area (Å²) >= 11 is 0. The predicted octanol–water partition coefficient (Wildman–Crippen LogP) is 3.76. The molecular formula is C8H2F16O6S2. The zero-order valence-electron chi connectivity index (χ0n) is 13.4. The summed E-state index contributed by atoms with van der Waals surface area (Å²) in [4.78, 5) is 0. The van der Waals surface area contributed by atoms with Crippen LogP contribution in [0.25, 0.3) is 0 Å². The fraction of sp³-hybridized carbons (Fsp3) is 1.00. The highest BCUT2D eigenvalue weighted by Gasteiger charge is 2.97. The molecule has 0 aromatic heterocycles. The van der Waals surface area contributed by atoms with E-state index in [1.807, 2.05) is 0 Å². The Morgan fingerprint density at radius 2 is 0.562 bits per heavy atom. The minimum atomic E-state index is -9.06. The highest BCUT2D eigenvalue weighted by atomic mass is 32.3. The molecule has 0 rings (SSSR count). The standard InChI is InChI=1S/C8H2F16O6S2/c9-1(10,3(13,14)5(17,18)7(21,22)23)2(11,12)4(15,16)6(19,20)8(24,31(25,26)27)32(28,29)30/h(H,25,26,27)(H,28,29,30). The van der Waals surface area contributed by atoms with Crippen molar-refractivity contribution in [2.75, 3.05) is 0 Å². The van der Waals surface area contributed by atoms with Crippen LogP contribution in [0.15, 0.2) is 0 Å². The molecular weight excluding hydrogens is 560 g/mol. The molecule has 0 aliphatic carbocycles. The number of rotatable bonds is 8. The average Bonchev–Trinajstić information content (AvgIpc) is 2.49. The smallest absolute Gasteiger partial charge is 0.282 e. The van der Waals surface area contributed by atoms with Crippen LogP contribution in [0, 0.1) is 0 Å². The van der Waals surface area contributed by atoms with Crippen LogP contribution in [-0.2, 0) is 20.2 Å².